The number of hydrogen-bond acceptors (Lipinski definition) is 6. The summed E-state index contributed by atoms with van der Waals surface area (Å²) >= 11 is 0. The van der Waals surface area contributed by atoms with Crippen LogP contribution in [0.5, 0.6) is 5.75 Å². The van der Waals surface area contributed by atoms with Crippen LogP contribution in [0.15, 0.2) is 64.4 Å². The minimum absolute atomic E-state index is 0.129. The number of benzene rings is 2. The molecule has 0 aliphatic heterocycles. The first-order valence-corrected chi connectivity index (χ1v) is 10.9. The largest absolute Gasteiger partial charge is 0.492 e. The highest BCUT2D eigenvalue weighted by atomic mass is 32.2. The fraction of sp³-hybridized carbons (Fsp3) is 0.238. The molecule has 0 aliphatic carbocycles. The normalized spacial score (nSPS) is 11.5. The van der Waals surface area contributed by atoms with E-state index in [1.807, 2.05) is 0 Å². The third-order valence-corrected chi connectivity index (χ3v) is 5.63. The minimum atomic E-state index is -3.39. The van der Waals surface area contributed by atoms with Crippen molar-refractivity contribution in [3.05, 3.63) is 70.6 Å². The molecule has 2 aromatic carbocycles. The fourth-order valence-electron chi connectivity index (χ4n) is 3.01. The number of hydrogen-bond donors (Lipinski definition) is 1. The Labute approximate surface area is 168 Å². The van der Waals surface area contributed by atoms with Crippen LogP contribution in [0.2, 0.25) is 0 Å². The molecule has 3 rings (SSSR count). The number of aromatic nitrogens is 1. The molecular formula is C21H21NO6S. The van der Waals surface area contributed by atoms with Crippen LogP contribution >= 0.6 is 0 Å². The van der Waals surface area contributed by atoms with E-state index in [1.165, 1.54) is 16.7 Å². The molecule has 29 heavy (non-hydrogen) atoms. The zero-order valence-electron chi connectivity index (χ0n) is 15.9. The predicted molar refractivity (Wildman–Crippen MR) is 109 cm³/mol. The summed E-state index contributed by atoms with van der Waals surface area (Å²) in [6, 6.07) is 12.9. The molecule has 0 aliphatic rings. The van der Waals surface area contributed by atoms with Gasteiger partial charge in [0.25, 0.3) is 5.56 Å². The lowest BCUT2D eigenvalue weighted by Crippen LogP contribution is -2.21. The number of aliphatic hydroxyl groups excluding tert-OH is 1. The lowest BCUT2D eigenvalue weighted by molar-refractivity contribution is 0.0904. The van der Waals surface area contributed by atoms with E-state index in [9.17, 15) is 18.0 Å². The van der Waals surface area contributed by atoms with Crippen molar-refractivity contribution in [2.75, 3.05) is 19.5 Å². The number of nitrogens with zero attached hydrogens (tertiary/aromatic N) is 1. The van der Waals surface area contributed by atoms with Gasteiger partial charge in [-0.25, -0.2) is 8.42 Å². The van der Waals surface area contributed by atoms with E-state index in [-0.39, 0.29) is 28.4 Å². The van der Waals surface area contributed by atoms with Crippen molar-refractivity contribution in [3.8, 4) is 5.75 Å². The van der Waals surface area contributed by atoms with Crippen molar-refractivity contribution in [1.82, 2.24) is 4.57 Å². The fourth-order valence-corrected chi connectivity index (χ4v) is 3.83. The maximum Gasteiger partial charge on any atom is 0.258 e. The third-order valence-electron chi connectivity index (χ3n) is 4.49. The highest BCUT2D eigenvalue weighted by Gasteiger charge is 2.13. The van der Waals surface area contributed by atoms with Crippen LogP contribution in [0.4, 0.5) is 0 Å². The second-order valence-corrected chi connectivity index (χ2v) is 8.60. The Balaban J connectivity index is 1.73. The summed E-state index contributed by atoms with van der Waals surface area (Å²) in [7, 11) is -3.39. The van der Waals surface area contributed by atoms with Gasteiger partial charge in [-0.3, -0.25) is 9.59 Å². The van der Waals surface area contributed by atoms with Crippen molar-refractivity contribution >= 4 is 26.4 Å². The number of carbonyl (C=O) groups excluding carboxylic acids is 1. The van der Waals surface area contributed by atoms with Crippen molar-refractivity contribution in [1.29, 1.82) is 0 Å². The Hall–Kier alpha value is -2.97. The summed E-state index contributed by atoms with van der Waals surface area (Å²) < 4.78 is 30.7. The van der Waals surface area contributed by atoms with E-state index in [4.69, 9.17) is 9.84 Å². The first kappa shape index (κ1) is 20.8. The van der Waals surface area contributed by atoms with E-state index < -0.39 is 22.2 Å². The van der Waals surface area contributed by atoms with Gasteiger partial charge in [-0.1, -0.05) is 24.3 Å². The molecule has 1 aromatic heterocycles. The van der Waals surface area contributed by atoms with Crippen molar-refractivity contribution in [2.45, 2.75) is 17.9 Å². The standard InChI is InChI=1S/C21H21NO6S/c1-29(26,27)20-6-3-2-5-19(20)28-12-4-10-22-11-9-15-7-8-16(18(24)14-23)13-17(15)21(22)25/h2-3,5-9,11,13,23H,4,10,12,14H2,1H3. The maximum absolute atomic E-state index is 12.7. The lowest BCUT2D eigenvalue weighted by Gasteiger charge is -2.11. The molecule has 3 aromatic rings. The Morgan fingerprint density at radius 2 is 1.90 bits per heavy atom. The van der Waals surface area contributed by atoms with Gasteiger partial charge in [0.2, 0.25) is 0 Å². The lowest BCUT2D eigenvalue weighted by atomic mass is 10.1. The van der Waals surface area contributed by atoms with Crippen LogP contribution in [-0.2, 0) is 16.4 Å². The molecule has 7 nitrogen and oxygen atoms in total. The Kier molecular flexibility index (Phi) is 6.14. The molecule has 0 saturated heterocycles. The monoisotopic (exact) mass is 415 g/mol. The van der Waals surface area contributed by atoms with Crippen LogP contribution in [0.1, 0.15) is 16.8 Å². The first-order chi connectivity index (χ1) is 13.8. The van der Waals surface area contributed by atoms with Gasteiger partial charge in [-0.05, 0) is 36.1 Å². The molecule has 1 heterocycles. The van der Waals surface area contributed by atoms with Gasteiger partial charge in [0.15, 0.2) is 15.6 Å². The van der Waals surface area contributed by atoms with Gasteiger partial charge < -0.3 is 14.4 Å². The molecule has 0 saturated carbocycles. The van der Waals surface area contributed by atoms with Crippen LogP contribution in [0.25, 0.3) is 10.8 Å². The number of sulfone groups is 1. The summed E-state index contributed by atoms with van der Waals surface area (Å²) in [5.41, 5.74) is 0.0437. The van der Waals surface area contributed by atoms with Crippen LogP contribution < -0.4 is 10.3 Å². The van der Waals surface area contributed by atoms with E-state index in [1.54, 1.807) is 42.6 Å². The number of Topliss-reactive ketones (excluding diaryl/α,β-unsaturated/α-hetero) is 1. The van der Waals surface area contributed by atoms with Crippen LogP contribution in [0.3, 0.4) is 0 Å². The van der Waals surface area contributed by atoms with Gasteiger partial charge >= 0.3 is 0 Å². The number of fused-ring (bicyclic) bond motifs is 1. The Morgan fingerprint density at radius 1 is 1.14 bits per heavy atom. The molecule has 152 valence electrons. The van der Waals surface area contributed by atoms with Crippen molar-refractivity contribution in [3.63, 3.8) is 0 Å². The summed E-state index contributed by atoms with van der Waals surface area (Å²) in [4.78, 5) is 24.5. The van der Waals surface area contributed by atoms with Crippen LogP contribution in [-0.4, -0.2) is 43.3 Å². The molecule has 0 radical (unpaired) electrons. The van der Waals surface area contributed by atoms with Crippen molar-refractivity contribution < 1.29 is 23.1 Å². The summed E-state index contributed by atoms with van der Waals surface area (Å²) in [5, 5.41) is 10.1. The molecule has 0 amide bonds. The molecule has 8 heteroatoms. The average Bonchev–Trinajstić information content (AvgIpc) is 2.71. The van der Waals surface area contributed by atoms with Gasteiger partial charge in [0.1, 0.15) is 17.3 Å². The maximum atomic E-state index is 12.7. The average molecular weight is 415 g/mol. The van der Waals surface area contributed by atoms with E-state index in [0.717, 1.165) is 6.26 Å². The van der Waals surface area contributed by atoms with E-state index in [0.29, 0.717) is 23.7 Å². The first-order valence-electron chi connectivity index (χ1n) is 9.00. The quantitative estimate of drug-likeness (QED) is 0.446. The van der Waals surface area contributed by atoms with Gasteiger partial charge in [-0.2, -0.15) is 0 Å². The van der Waals surface area contributed by atoms with Gasteiger partial charge in [0.05, 0.1) is 6.61 Å². The smallest absolute Gasteiger partial charge is 0.258 e. The molecule has 0 bridgehead atoms. The zero-order chi connectivity index (χ0) is 21.0. The Bertz CT molecular complexity index is 1210. The molecule has 0 spiro atoms. The number of aliphatic hydroxyl groups is 1. The number of ketones is 1. The predicted octanol–water partition coefficient (Wildman–Crippen LogP) is 2.05. The van der Waals surface area contributed by atoms with E-state index in [2.05, 4.69) is 0 Å². The van der Waals surface area contributed by atoms with E-state index >= 15 is 0 Å². The van der Waals surface area contributed by atoms with Gasteiger partial charge in [-0.15, -0.1) is 0 Å². The SMILES string of the molecule is CS(=O)(=O)c1ccccc1OCCCn1ccc2ccc(C(=O)CO)cc2c1=O. The summed E-state index contributed by atoms with van der Waals surface area (Å²) in [5.74, 6) is -0.160. The molecular weight excluding hydrogens is 394 g/mol. The topological polar surface area (TPSA) is 103 Å². The number of para-hydroxylation sites is 1. The number of rotatable bonds is 8. The van der Waals surface area contributed by atoms with Crippen molar-refractivity contribution in [2.24, 2.45) is 0 Å². The minimum Gasteiger partial charge on any atom is -0.492 e. The zero-order valence-corrected chi connectivity index (χ0v) is 16.7. The molecule has 0 fully saturated rings. The molecule has 1 N–H and O–H groups in total. The second kappa shape index (κ2) is 8.59. The Morgan fingerprint density at radius 3 is 2.62 bits per heavy atom. The summed E-state index contributed by atoms with van der Waals surface area (Å²) in [6.45, 7) is -0.00708. The number of pyridine rings is 1. The second-order valence-electron chi connectivity index (χ2n) is 6.62. The highest BCUT2D eigenvalue weighted by Crippen LogP contribution is 2.23. The highest BCUT2D eigenvalue weighted by molar-refractivity contribution is 7.90. The van der Waals surface area contributed by atoms with Crippen LogP contribution in [0, 0.1) is 0 Å². The van der Waals surface area contributed by atoms with Gasteiger partial charge in [0, 0.05) is 29.9 Å². The molecule has 0 unspecified atom stereocenters. The number of ether oxygens (including phenoxy) is 1. The summed E-state index contributed by atoms with van der Waals surface area (Å²) in [6.07, 6.45) is 3.28. The third kappa shape index (κ3) is 4.72. The number of aryl methyl sites for hydroxylation is 1. The molecule has 0 atom stereocenters. The number of carbonyl (C=O) groups is 1.